The van der Waals surface area contributed by atoms with Gasteiger partial charge in [0.2, 0.25) is 0 Å². The number of aromatic amines is 1. The molecule has 0 saturated carbocycles. The summed E-state index contributed by atoms with van der Waals surface area (Å²) in [6.45, 7) is 2.19. The minimum absolute atomic E-state index is 0.0982. The van der Waals surface area contributed by atoms with Gasteiger partial charge in [0.25, 0.3) is 0 Å². The van der Waals surface area contributed by atoms with Gasteiger partial charge in [0, 0.05) is 43.8 Å². The molecule has 1 fully saturated rings. The average molecular weight is 446 g/mol. The van der Waals surface area contributed by atoms with Crippen LogP contribution in [0, 0.1) is 0 Å². The van der Waals surface area contributed by atoms with Crippen molar-refractivity contribution in [3.63, 3.8) is 0 Å². The zero-order valence-electron chi connectivity index (χ0n) is 16.8. The number of nitrogens with two attached hydrogens (primary N) is 2. The Balaban J connectivity index is 0.00000119. The number of hydrazine groups is 1. The summed E-state index contributed by atoms with van der Waals surface area (Å²) in [7, 11) is 0. The Bertz CT molecular complexity index is 1170. The highest BCUT2D eigenvalue weighted by Crippen LogP contribution is 2.30. The predicted molar refractivity (Wildman–Crippen MR) is 111 cm³/mol. The van der Waals surface area contributed by atoms with Crippen molar-refractivity contribution in [1.29, 1.82) is 0 Å². The second-order valence-corrected chi connectivity index (χ2v) is 7.01. The van der Waals surface area contributed by atoms with Crippen LogP contribution in [0.2, 0.25) is 0 Å². The summed E-state index contributed by atoms with van der Waals surface area (Å²) in [5, 5.41) is 10.3. The molecule has 0 amide bonds. The van der Waals surface area contributed by atoms with Crippen LogP contribution in [0.25, 0.3) is 17.2 Å². The smallest absolute Gasteiger partial charge is 0.353 e. The van der Waals surface area contributed by atoms with Crippen molar-refractivity contribution in [3.05, 3.63) is 60.3 Å². The number of halogens is 3. The van der Waals surface area contributed by atoms with Gasteiger partial charge in [-0.05, 0) is 18.2 Å². The summed E-state index contributed by atoms with van der Waals surface area (Å²) in [6.07, 6.45) is 3.31. The van der Waals surface area contributed by atoms with Gasteiger partial charge in [-0.15, -0.1) is 0 Å². The van der Waals surface area contributed by atoms with Gasteiger partial charge in [-0.2, -0.15) is 18.3 Å². The number of alkyl halides is 3. The van der Waals surface area contributed by atoms with Crippen LogP contribution in [-0.2, 0) is 6.18 Å². The topological polar surface area (TPSA) is 139 Å². The Hall–Kier alpha value is -3.55. The maximum absolute atomic E-state index is 13.1. The van der Waals surface area contributed by atoms with Crippen LogP contribution in [-0.4, -0.2) is 49.2 Å². The number of pyridine rings is 1. The molecule has 1 aliphatic heterocycles. The van der Waals surface area contributed by atoms with E-state index in [1.165, 1.54) is 16.7 Å². The fourth-order valence-corrected chi connectivity index (χ4v) is 3.60. The molecule has 1 aliphatic rings. The second-order valence-electron chi connectivity index (χ2n) is 7.01. The van der Waals surface area contributed by atoms with Crippen LogP contribution in [0.3, 0.4) is 0 Å². The fraction of sp³-hybridized carbons (Fsp3) is 0.263. The summed E-state index contributed by atoms with van der Waals surface area (Å²) in [5.41, 5.74) is 1.10. The van der Waals surface area contributed by atoms with Crippen molar-refractivity contribution in [2.45, 2.75) is 12.2 Å². The van der Waals surface area contributed by atoms with E-state index in [1.807, 2.05) is 6.20 Å². The van der Waals surface area contributed by atoms with E-state index in [0.29, 0.717) is 29.5 Å². The van der Waals surface area contributed by atoms with E-state index in [1.54, 1.807) is 18.5 Å². The molecule has 1 atom stereocenters. The lowest BCUT2D eigenvalue weighted by Crippen LogP contribution is -2.46. The summed E-state index contributed by atoms with van der Waals surface area (Å²) < 4.78 is 40.8. The van der Waals surface area contributed by atoms with Gasteiger partial charge in [0.05, 0.1) is 24.0 Å². The van der Waals surface area contributed by atoms with Crippen molar-refractivity contribution < 1.29 is 13.2 Å². The maximum atomic E-state index is 13.1. The van der Waals surface area contributed by atoms with Crippen LogP contribution in [0.5, 0.6) is 0 Å². The van der Waals surface area contributed by atoms with Crippen LogP contribution in [0.4, 0.5) is 19.0 Å². The molecular formula is C19H21F3N10. The first-order chi connectivity index (χ1) is 15.5. The minimum Gasteiger partial charge on any atom is -0.353 e. The lowest BCUT2D eigenvalue weighted by Gasteiger charge is -2.34. The molecule has 1 saturated heterocycles. The maximum Gasteiger partial charge on any atom is 0.417 e. The van der Waals surface area contributed by atoms with E-state index in [0.717, 1.165) is 30.9 Å². The van der Waals surface area contributed by atoms with Gasteiger partial charge in [-0.1, -0.05) is 0 Å². The number of piperazine rings is 1. The third kappa shape index (κ3) is 4.26. The zero-order chi connectivity index (χ0) is 22.7. The number of imidazole rings is 1. The number of fused-ring (bicyclic) bond motifs is 1. The van der Waals surface area contributed by atoms with Crippen LogP contribution < -0.4 is 21.9 Å². The highest BCUT2D eigenvalue weighted by molar-refractivity contribution is 5.59. The summed E-state index contributed by atoms with van der Waals surface area (Å²) >= 11 is 0. The number of nitrogens with zero attached hydrogens (tertiary/aromatic N) is 6. The molecule has 5 heterocycles. The van der Waals surface area contributed by atoms with Gasteiger partial charge in [-0.3, -0.25) is 21.2 Å². The first kappa shape index (κ1) is 21.7. The number of H-pyrrole nitrogens is 1. The van der Waals surface area contributed by atoms with E-state index in [2.05, 4.69) is 47.1 Å². The highest BCUT2D eigenvalue weighted by Gasteiger charge is 2.31. The first-order valence-corrected chi connectivity index (χ1v) is 9.67. The SMILES string of the molecule is FC(F)(F)c1ccc2ncc(-c3nccc(N4CCNC(c5cn[nH]c5)C4)n3)n2c1.NN. The Kier molecular flexibility index (Phi) is 6.03. The van der Waals surface area contributed by atoms with Gasteiger partial charge in [0.1, 0.15) is 17.2 Å². The van der Waals surface area contributed by atoms with Gasteiger partial charge in [-0.25, -0.2) is 15.0 Å². The molecule has 0 aliphatic carbocycles. The third-order valence-corrected chi connectivity index (χ3v) is 5.12. The molecule has 10 nitrogen and oxygen atoms in total. The number of rotatable bonds is 3. The van der Waals surface area contributed by atoms with E-state index in [9.17, 15) is 13.2 Å². The number of nitrogens with one attached hydrogen (secondary N) is 2. The molecule has 0 radical (unpaired) electrons. The lowest BCUT2D eigenvalue weighted by atomic mass is 10.1. The van der Waals surface area contributed by atoms with Gasteiger partial charge >= 0.3 is 6.18 Å². The van der Waals surface area contributed by atoms with E-state index in [4.69, 9.17) is 0 Å². The van der Waals surface area contributed by atoms with Gasteiger partial charge < -0.3 is 10.2 Å². The Morgan fingerprint density at radius 1 is 1.09 bits per heavy atom. The number of anilines is 1. The molecule has 0 bridgehead atoms. The standard InChI is InChI=1S/C19H17F3N8.H4N2/c20-19(21,22)13-1-2-16-25-9-15(30(16)10-13)18-24-4-3-17(28-18)29-6-5-23-14(11-29)12-7-26-27-8-12;1-2/h1-4,7-10,14,23H,5-6,11H2,(H,26,27);1-2H2. The molecule has 0 spiro atoms. The van der Waals surface area contributed by atoms with Crippen molar-refractivity contribution in [1.82, 2.24) is 34.9 Å². The molecule has 5 rings (SSSR count). The summed E-state index contributed by atoms with van der Waals surface area (Å²) in [5.74, 6) is 9.02. The van der Waals surface area contributed by atoms with Crippen molar-refractivity contribution in [3.8, 4) is 11.5 Å². The normalized spacial score (nSPS) is 16.7. The minimum atomic E-state index is -4.44. The van der Waals surface area contributed by atoms with Crippen molar-refractivity contribution in [2.24, 2.45) is 11.7 Å². The largest absolute Gasteiger partial charge is 0.417 e. The van der Waals surface area contributed by atoms with Gasteiger partial charge in [0.15, 0.2) is 5.82 Å². The number of hydrogen-bond acceptors (Lipinski definition) is 8. The molecule has 32 heavy (non-hydrogen) atoms. The third-order valence-electron chi connectivity index (χ3n) is 5.12. The number of aromatic nitrogens is 6. The fourth-order valence-electron chi connectivity index (χ4n) is 3.60. The Morgan fingerprint density at radius 2 is 1.94 bits per heavy atom. The first-order valence-electron chi connectivity index (χ1n) is 9.67. The van der Waals surface area contributed by atoms with Crippen molar-refractivity contribution >= 4 is 11.5 Å². The van der Waals surface area contributed by atoms with Crippen LogP contribution in [0.15, 0.2) is 49.2 Å². The summed E-state index contributed by atoms with van der Waals surface area (Å²) in [4.78, 5) is 15.2. The molecular weight excluding hydrogens is 425 g/mol. The molecule has 168 valence electrons. The molecule has 6 N–H and O–H groups in total. The molecule has 0 aromatic carbocycles. The molecule has 4 aromatic rings. The number of hydrogen-bond donors (Lipinski definition) is 4. The zero-order valence-corrected chi connectivity index (χ0v) is 16.8. The van der Waals surface area contributed by atoms with Crippen LogP contribution >= 0.6 is 0 Å². The molecule has 4 aromatic heterocycles. The van der Waals surface area contributed by atoms with E-state index in [-0.39, 0.29) is 6.04 Å². The second kappa shape index (κ2) is 8.90. The summed E-state index contributed by atoms with van der Waals surface area (Å²) in [6, 6.07) is 4.24. The Labute approximate surface area is 180 Å². The molecule has 1 unspecified atom stereocenters. The van der Waals surface area contributed by atoms with E-state index >= 15 is 0 Å². The highest BCUT2D eigenvalue weighted by atomic mass is 19.4. The van der Waals surface area contributed by atoms with Crippen LogP contribution in [0.1, 0.15) is 17.2 Å². The lowest BCUT2D eigenvalue weighted by molar-refractivity contribution is -0.137. The molecule has 13 heteroatoms. The average Bonchev–Trinajstić information content (AvgIpc) is 3.50. The monoisotopic (exact) mass is 446 g/mol. The predicted octanol–water partition coefficient (Wildman–Crippen LogP) is 1.50. The quantitative estimate of drug-likeness (QED) is 0.274. The Morgan fingerprint density at radius 3 is 2.69 bits per heavy atom. The van der Waals surface area contributed by atoms with Crippen molar-refractivity contribution in [2.75, 3.05) is 24.5 Å². The van der Waals surface area contributed by atoms with E-state index < -0.39 is 11.7 Å².